The first-order valence-electron chi connectivity index (χ1n) is 12.2. The third kappa shape index (κ3) is 8.58. The third-order valence-corrected chi connectivity index (χ3v) is 6.51. The van der Waals surface area contributed by atoms with E-state index in [2.05, 4.69) is 90.9 Å². The molecule has 1 fully saturated rings. The van der Waals surface area contributed by atoms with E-state index >= 15 is 0 Å². The van der Waals surface area contributed by atoms with E-state index in [0.717, 1.165) is 45.0 Å². The molecule has 3 unspecified atom stereocenters. The number of guanidine groups is 1. The molecule has 2 aromatic rings. The van der Waals surface area contributed by atoms with Gasteiger partial charge in [0.05, 0.1) is 12.5 Å². The summed E-state index contributed by atoms with van der Waals surface area (Å²) in [5.74, 6) is 0.994. The zero-order valence-electron chi connectivity index (χ0n) is 20.7. The molecule has 0 aromatic heterocycles. The van der Waals surface area contributed by atoms with Crippen LogP contribution >= 0.6 is 24.0 Å². The maximum Gasteiger partial charge on any atom is 0.221 e. The van der Waals surface area contributed by atoms with E-state index < -0.39 is 0 Å². The van der Waals surface area contributed by atoms with E-state index in [1.165, 1.54) is 16.7 Å². The zero-order chi connectivity index (χ0) is 23.6. The first-order chi connectivity index (χ1) is 16.0. The Morgan fingerprint density at radius 2 is 1.88 bits per heavy atom. The van der Waals surface area contributed by atoms with Crippen molar-refractivity contribution >= 4 is 35.8 Å². The molecular formula is C27H40IN5O. The normalized spacial score (nSPS) is 18.4. The Morgan fingerprint density at radius 1 is 1.15 bits per heavy atom. The average molecular weight is 578 g/mol. The van der Waals surface area contributed by atoms with Crippen LogP contribution < -0.4 is 16.4 Å². The summed E-state index contributed by atoms with van der Waals surface area (Å²) in [5.41, 5.74) is 9.27. The first-order valence-corrected chi connectivity index (χ1v) is 12.2. The summed E-state index contributed by atoms with van der Waals surface area (Å²) in [7, 11) is 0. The summed E-state index contributed by atoms with van der Waals surface area (Å²) < 4.78 is 0. The van der Waals surface area contributed by atoms with Gasteiger partial charge in [-0.15, -0.1) is 24.0 Å². The Morgan fingerprint density at radius 3 is 2.59 bits per heavy atom. The van der Waals surface area contributed by atoms with Crippen molar-refractivity contribution in [1.82, 2.24) is 15.5 Å². The van der Waals surface area contributed by atoms with E-state index in [0.29, 0.717) is 12.5 Å². The van der Waals surface area contributed by atoms with Gasteiger partial charge in [-0.25, -0.2) is 4.99 Å². The van der Waals surface area contributed by atoms with Crippen molar-refractivity contribution in [2.45, 2.75) is 58.7 Å². The molecule has 6 nitrogen and oxygen atoms in total. The Balaban J connectivity index is 0.00000408. The Hall–Kier alpha value is -2.13. The highest BCUT2D eigenvalue weighted by atomic mass is 127. The molecule has 1 aliphatic rings. The second kappa shape index (κ2) is 14.3. The van der Waals surface area contributed by atoms with Crippen LogP contribution in [0, 0.1) is 5.92 Å². The maximum absolute atomic E-state index is 11.6. The molecule has 186 valence electrons. The lowest BCUT2D eigenvalue weighted by Crippen LogP contribution is -2.44. The molecule has 0 spiro atoms. The van der Waals surface area contributed by atoms with Crippen molar-refractivity contribution < 1.29 is 4.79 Å². The van der Waals surface area contributed by atoms with Gasteiger partial charge in [-0.05, 0) is 49.9 Å². The highest BCUT2D eigenvalue weighted by Crippen LogP contribution is 2.20. The number of aliphatic imine (C=N–C) groups is 1. The fourth-order valence-corrected chi connectivity index (χ4v) is 4.39. The van der Waals surface area contributed by atoms with Gasteiger partial charge in [-0.2, -0.15) is 0 Å². The quantitative estimate of drug-likeness (QED) is 0.237. The predicted molar refractivity (Wildman–Crippen MR) is 151 cm³/mol. The molecule has 1 amide bonds. The van der Waals surface area contributed by atoms with Crippen LogP contribution in [-0.4, -0.2) is 42.4 Å². The number of halogens is 1. The molecule has 2 aromatic carbocycles. The number of carbonyl (C=O) groups is 1. The molecule has 7 heteroatoms. The molecule has 0 aliphatic carbocycles. The highest BCUT2D eigenvalue weighted by Gasteiger charge is 2.23. The first kappa shape index (κ1) is 28.1. The standard InChI is InChI=1S/C27H39N5O.HI/c1-4-29-27(31-21(3)20(2)24-12-6-5-7-13-24)30-17-22-10-8-11-23(16-22)18-32-15-9-14-25(19-32)26(28)33;/h5-8,10-13,16,20-21,25H,4,9,14-15,17-19H2,1-3H3,(H2,28,33)(H2,29,30,31);1H. The SMILES string of the molecule is CCNC(=NCc1cccc(CN2CCCC(C(N)=O)C2)c1)NC(C)C(C)c1ccccc1.I. The van der Waals surface area contributed by atoms with Crippen molar-refractivity contribution in [3.8, 4) is 0 Å². The maximum atomic E-state index is 11.6. The Bertz CT molecular complexity index is 920. The molecule has 0 bridgehead atoms. The van der Waals surface area contributed by atoms with Crippen LogP contribution in [0.15, 0.2) is 59.6 Å². The average Bonchev–Trinajstić information content (AvgIpc) is 2.83. The summed E-state index contributed by atoms with van der Waals surface area (Å²) in [6, 6.07) is 19.4. The topological polar surface area (TPSA) is 82.8 Å². The number of likely N-dealkylation sites (tertiary alicyclic amines) is 1. The van der Waals surface area contributed by atoms with E-state index in [1.807, 2.05) is 0 Å². The van der Waals surface area contributed by atoms with Gasteiger partial charge >= 0.3 is 0 Å². The number of rotatable bonds is 9. The van der Waals surface area contributed by atoms with Crippen LogP contribution in [-0.2, 0) is 17.9 Å². The minimum Gasteiger partial charge on any atom is -0.369 e. The molecule has 3 rings (SSSR count). The number of nitrogens with zero attached hydrogens (tertiary/aromatic N) is 2. The molecular weight excluding hydrogens is 537 g/mol. The molecule has 0 radical (unpaired) electrons. The molecule has 34 heavy (non-hydrogen) atoms. The number of nitrogens with one attached hydrogen (secondary N) is 2. The second-order valence-corrected chi connectivity index (χ2v) is 9.12. The van der Waals surface area contributed by atoms with Crippen molar-refractivity contribution in [3.63, 3.8) is 0 Å². The van der Waals surface area contributed by atoms with E-state index in [-0.39, 0.29) is 41.8 Å². The summed E-state index contributed by atoms with van der Waals surface area (Å²) in [6.45, 7) is 10.6. The van der Waals surface area contributed by atoms with E-state index in [9.17, 15) is 4.79 Å². The lowest BCUT2D eigenvalue weighted by atomic mass is 9.94. The fraction of sp³-hybridized carbons (Fsp3) is 0.481. The van der Waals surface area contributed by atoms with Gasteiger partial charge < -0.3 is 16.4 Å². The monoisotopic (exact) mass is 577 g/mol. The van der Waals surface area contributed by atoms with Crippen LogP contribution in [0.1, 0.15) is 56.2 Å². The molecule has 4 N–H and O–H groups in total. The number of primary amides is 1. The number of amides is 1. The van der Waals surface area contributed by atoms with Crippen LogP contribution in [0.3, 0.4) is 0 Å². The van der Waals surface area contributed by atoms with Crippen LogP contribution in [0.2, 0.25) is 0 Å². The van der Waals surface area contributed by atoms with Gasteiger partial charge in [0.25, 0.3) is 0 Å². The number of piperidine rings is 1. The fourth-order valence-electron chi connectivity index (χ4n) is 4.39. The molecule has 1 aliphatic heterocycles. The third-order valence-electron chi connectivity index (χ3n) is 6.51. The number of hydrogen-bond acceptors (Lipinski definition) is 3. The number of nitrogens with two attached hydrogens (primary N) is 1. The minimum atomic E-state index is -0.179. The van der Waals surface area contributed by atoms with Gasteiger partial charge in [-0.1, -0.05) is 61.5 Å². The van der Waals surface area contributed by atoms with Crippen molar-refractivity contribution in [1.29, 1.82) is 0 Å². The second-order valence-electron chi connectivity index (χ2n) is 9.12. The van der Waals surface area contributed by atoms with E-state index in [1.54, 1.807) is 0 Å². The summed E-state index contributed by atoms with van der Waals surface area (Å²) in [4.78, 5) is 18.8. The largest absolute Gasteiger partial charge is 0.369 e. The zero-order valence-corrected chi connectivity index (χ0v) is 23.0. The predicted octanol–water partition coefficient (Wildman–Crippen LogP) is 4.25. The van der Waals surface area contributed by atoms with Gasteiger partial charge in [0.15, 0.2) is 5.96 Å². The Kier molecular flexibility index (Phi) is 11.8. The molecule has 3 atom stereocenters. The van der Waals surface area contributed by atoms with Gasteiger partial charge in [0, 0.05) is 31.6 Å². The number of benzene rings is 2. The lowest BCUT2D eigenvalue weighted by Gasteiger charge is -2.31. The van der Waals surface area contributed by atoms with Crippen molar-refractivity contribution in [3.05, 3.63) is 71.3 Å². The van der Waals surface area contributed by atoms with E-state index in [4.69, 9.17) is 10.7 Å². The van der Waals surface area contributed by atoms with Gasteiger partial charge in [0.2, 0.25) is 5.91 Å². The summed E-state index contributed by atoms with van der Waals surface area (Å²) in [6.07, 6.45) is 1.93. The minimum absolute atomic E-state index is 0. The van der Waals surface area contributed by atoms with Gasteiger partial charge in [-0.3, -0.25) is 9.69 Å². The van der Waals surface area contributed by atoms with Crippen LogP contribution in [0.4, 0.5) is 0 Å². The lowest BCUT2D eigenvalue weighted by molar-refractivity contribution is -0.123. The van der Waals surface area contributed by atoms with Crippen LogP contribution in [0.5, 0.6) is 0 Å². The molecule has 0 saturated carbocycles. The van der Waals surface area contributed by atoms with Crippen LogP contribution in [0.25, 0.3) is 0 Å². The number of carbonyl (C=O) groups excluding carboxylic acids is 1. The highest BCUT2D eigenvalue weighted by molar-refractivity contribution is 14.0. The van der Waals surface area contributed by atoms with Crippen molar-refractivity contribution in [2.75, 3.05) is 19.6 Å². The summed E-state index contributed by atoms with van der Waals surface area (Å²) in [5, 5.41) is 6.94. The molecule has 1 saturated heterocycles. The summed E-state index contributed by atoms with van der Waals surface area (Å²) >= 11 is 0. The smallest absolute Gasteiger partial charge is 0.221 e. The van der Waals surface area contributed by atoms with Gasteiger partial charge in [0.1, 0.15) is 0 Å². The number of hydrogen-bond donors (Lipinski definition) is 3. The Labute approximate surface area is 221 Å². The van der Waals surface area contributed by atoms with Crippen molar-refractivity contribution in [2.24, 2.45) is 16.6 Å². The molecule has 1 heterocycles.